The Bertz CT molecular complexity index is 643. The minimum Gasteiger partial charge on any atom is -0.475 e. The van der Waals surface area contributed by atoms with E-state index in [0.717, 1.165) is 5.39 Å². The molecule has 1 heterocycles. The number of carboxylic acid groups (broad SMARTS) is 1. The summed E-state index contributed by atoms with van der Waals surface area (Å²) in [5, 5.41) is 22.3. The minimum atomic E-state index is -1.16. The smallest absolute Gasteiger partial charge is 0.374 e. The number of carbonyl (C=O) groups is 1. The normalized spacial score (nSPS) is 12.6. The van der Waals surface area contributed by atoms with Crippen LogP contribution < -0.4 is 5.32 Å². The number of nitrogens with one attached hydrogen (secondary N) is 1. The molecule has 0 fully saturated rings. The third-order valence-electron chi connectivity index (χ3n) is 3.36. The van der Waals surface area contributed by atoms with E-state index in [2.05, 4.69) is 15.3 Å². The van der Waals surface area contributed by atoms with Crippen molar-refractivity contribution in [2.45, 2.75) is 26.3 Å². The van der Waals surface area contributed by atoms with Crippen molar-refractivity contribution in [1.82, 2.24) is 9.97 Å². The predicted octanol–water partition coefficient (Wildman–Crippen LogP) is 2.15. The third-order valence-corrected chi connectivity index (χ3v) is 3.36. The summed E-state index contributed by atoms with van der Waals surface area (Å²) in [6.07, 6.45) is 0.568. The van der Waals surface area contributed by atoms with Crippen LogP contribution in [0, 0.1) is 5.92 Å². The zero-order chi connectivity index (χ0) is 15.4. The molecule has 6 heteroatoms. The number of para-hydroxylation sites is 1. The lowest BCUT2D eigenvalue weighted by atomic mass is 10.0. The lowest BCUT2D eigenvalue weighted by Gasteiger charge is -2.23. The number of nitrogens with zero attached hydrogens (tertiary/aromatic N) is 2. The van der Waals surface area contributed by atoms with Crippen molar-refractivity contribution in [2.75, 3.05) is 11.9 Å². The maximum atomic E-state index is 11.1. The third kappa shape index (κ3) is 3.46. The molecule has 0 amide bonds. The highest BCUT2D eigenvalue weighted by Crippen LogP contribution is 2.23. The number of rotatable bonds is 6. The molecular weight excluding hydrogens is 270 g/mol. The van der Waals surface area contributed by atoms with Gasteiger partial charge in [-0.05, 0) is 24.5 Å². The molecule has 1 aromatic carbocycles. The van der Waals surface area contributed by atoms with Gasteiger partial charge in [-0.25, -0.2) is 14.8 Å². The van der Waals surface area contributed by atoms with Gasteiger partial charge < -0.3 is 15.5 Å². The van der Waals surface area contributed by atoms with E-state index in [9.17, 15) is 4.79 Å². The first kappa shape index (κ1) is 15.2. The first-order chi connectivity index (χ1) is 10.0. The van der Waals surface area contributed by atoms with E-state index in [1.165, 1.54) is 0 Å². The van der Waals surface area contributed by atoms with Crippen LogP contribution in [0.3, 0.4) is 0 Å². The SMILES string of the molecule is CC(C)C(CCO)Nc1nc(C(=O)O)nc2ccccc12. The Morgan fingerprint density at radius 1 is 1.29 bits per heavy atom. The van der Waals surface area contributed by atoms with Gasteiger partial charge in [-0.1, -0.05) is 26.0 Å². The van der Waals surface area contributed by atoms with Crippen LogP contribution in [0.1, 0.15) is 30.9 Å². The molecule has 1 unspecified atom stereocenters. The van der Waals surface area contributed by atoms with Gasteiger partial charge >= 0.3 is 5.97 Å². The number of aromatic carboxylic acids is 1. The average molecular weight is 289 g/mol. The van der Waals surface area contributed by atoms with Crippen LogP contribution in [-0.4, -0.2) is 38.8 Å². The molecule has 0 bridgehead atoms. The molecule has 0 radical (unpaired) electrons. The second kappa shape index (κ2) is 6.49. The first-order valence-corrected chi connectivity index (χ1v) is 6.90. The Morgan fingerprint density at radius 2 is 2.00 bits per heavy atom. The zero-order valence-electron chi connectivity index (χ0n) is 12.1. The van der Waals surface area contributed by atoms with Crippen LogP contribution in [0.2, 0.25) is 0 Å². The van der Waals surface area contributed by atoms with Gasteiger partial charge in [-0.15, -0.1) is 0 Å². The fourth-order valence-electron chi connectivity index (χ4n) is 2.17. The standard InChI is InChI=1S/C15H19N3O3/c1-9(2)11(7-8-19)16-13-10-5-3-4-6-12(10)17-14(18-13)15(20)21/h3-6,9,11,19H,7-8H2,1-2H3,(H,20,21)(H,16,17,18). The summed E-state index contributed by atoms with van der Waals surface area (Å²) in [6, 6.07) is 7.27. The van der Waals surface area contributed by atoms with E-state index in [-0.39, 0.29) is 24.4 Å². The van der Waals surface area contributed by atoms with Crippen molar-refractivity contribution in [1.29, 1.82) is 0 Å². The summed E-state index contributed by atoms with van der Waals surface area (Å²) in [7, 11) is 0. The number of aliphatic hydroxyl groups excluding tert-OH is 1. The van der Waals surface area contributed by atoms with Crippen LogP contribution in [-0.2, 0) is 0 Å². The van der Waals surface area contributed by atoms with Crippen molar-refractivity contribution in [3.05, 3.63) is 30.1 Å². The minimum absolute atomic E-state index is 0.00921. The van der Waals surface area contributed by atoms with E-state index < -0.39 is 5.97 Å². The predicted molar refractivity (Wildman–Crippen MR) is 80.4 cm³/mol. The molecule has 1 atom stereocenters. The van der Waals surface area contributed by atoms with E-state index in [4.69, 9.17) is 10.2 Å². The fraction of sp³-hybridized carbons (Fsp3) is 0.400. The van der Waals surface area contributed by atoms with Crippen LogP contribution in [0.15, 0.2) is 24.3 Å². The van der Waals surface area contributed by atoms with Crippen molar-refractivity contribution in [3.8, 4) is 0 Å². The van der Waals surface area contributed by atoms with E-state index in [1.807, 2.05) is 26.0 Å². The van der Waals surface area contributed by atoms with Gasteiger partial charge in [0.2, 0.25) is 5.82 Å². The quantitative estimate of drug-likeness (QED) is 0.754. The molecule has 0 saturated carbocycles. The molecule has 21 heavy (non-hydrogen) atoms. The number of benzene rings is 1. The molecule has 112 valence electrons. The molecule has 3 N–H and O–H groups in total. The largest absolute Gasteiger partial charge is 0.475 e. The van der Waals surface area contributed by atoms with Gasteiger partial charge in [-0.2, -0.15) is 0 Å². The zero-order valence-corrected chi connectivity index (χ0v) is 12.1. The highest BCUT2D eigenvalue weighted by molar-refractivity contribution is 5.93. The topological polar surface area (TPSA) is 95.3 Å². The Balaban J connectivity index is 2.47. The van der Waals surface area contributed by atoms with Crippen LogP contribution in [0.5, 0.6) is 0 Å². The lowest BCUT2D eigenvalue weighted by molar-refractivity contribution is 0.0684. The average Bonchev–Trinajstić information content (AvgIpc) is 2.46. The summed E-state index contributed by atoms with van der Waals surface area (Å²) in [4.78, 5) is 19.3. The van der Waals surface area contributed by atoms with Crippen LogP contribution >= 0.6 is 0 Å². The molecule has 6 nitrogen and oxygen atoms in total. The molecular formula is C15H19N3O3. The van der Waals surface area contributed by atoms with Gasteiger partial charge in [-0.3, -0.25) is 0 Å². The Hall–Kier alpha value is -2.21. The number of carboxylic acids is 1. The molecule has 1 aromatic heterocycles. The molecule has 0 aliphatic heterocycles. The second-order valence-electron chi connectivity index (χ2n) is 5.23. The molecule has 2 rings (SSSR count). The number of fused-ring (bicyclic) bond motifs is 1. The monoisotopic (exact) mass is 289 g/mol. The maximum absolute atomic E-state index is 11.1. The fourth-order valence-corrected chi connectivity index (χ4v) is 2.17. The number of aromatic nitrogens is 2. The summed E-state index contributed by atoms with van der Waals surface area (Å²) in [5.41, 5.74) is 0.582. The summed E-state index contributed by atoms with van der Waals surface area (Å²) in [5.74, 6) is -0.626. The molecule has 2 aromatic rings. The molecule has 0 aliphatic rings. The molecule has 0 aliphatic carbocycles. The highest BCUT2D eigenvalue weighted by Gasteiger charge is 2.17. The molecule has 0 spiro atoms. The Labute approximate surface area is 122 Å². The van der Waals surface area contributed by atoms with Gasteiger partial charge in [0.25, 0.3) is 0 Å². The van der Waals surface area contributed by atoms with Crippen molar-refractivity contribution in [2.24, 2.45) is 5.92 Å². The van der Waals surface area contributed by atoms with Crippen LogP contribution in [0.4, 0.5) is 5.82 Å². The van der Waals surface area contributed by atoms with Crippen molar-refractivity contribution >= 4 is 22.7 Å². The van der Waals surface area contributed by atoms with E-state index in [0.29, 0.717) is 17.8 Å². The van der Waals surface area contributed by atoms with Crippen LogP contribution in [0.25, 0.3) is 10.9 Å². The van der Waals surface area contributed by atoms with Crippen molar-refractivity contribution < 1.29 is 15.0 Å². The van der Waals surface area contributed by atoms with Gasteiger partial charge in [0.1, 0.15) is 5.82 Å². The molecule has 0 saturated heterocycles. The second-order valence-corrected chi connectivity index (χ2v) is 5.23. The Morgan fingerprint density at radius 3 is 2.62 bits per heavy atom. The van der Waals surface area contributed by atoms with E-state index >= 15 is 0 Å². The first-order valence-electron chi connectivity index (χ1n) is 6.90. The van der Waals surface area contributed by atoms with E-state index in [1.54, 1.807) is 12.1 Å². The summed E-state index contributed by atoms with van der Waals surface area (Å²) >= 11 is 0. The number of hydrogen-bond acceptors (Lipinski definition) is 5. The maximum Gasteiger partial charge on any atom is 0.374 e. The number of hydrogen-bond donors (Lipinski definition) is 3. The van der Waals surface area contributed by atoms with Gasteiger partial charge in [0.05, 0.1) is 5.52 Å². The highest BCUT2D eigenvalue weighted by atomic mass is 16.4. The lowest BCUT2D eigenvalue weighted by Crippen LogP contribution is -2.27. The number of aliphatic hydroxyl groups is 1. The number of anilines is 1. The van der Waals surface area contributed by atoms with Gasteiger partial charge in [0, 0.05) is 18.0 Å². The summed E-state index contributed by atoms with van der Waals surface area (Å²) < 4.78 is 0. The van der Waals surface area contributed by atoms with Gasteiger partial charge in [0.15, 0.2) is 0 Å². The Kier molecular flexibility index (Phi) is 4.70. The van der Waals surface area contributed by atoms with Crippen molar-refractivity contribution in [3.63, 3.8) is 0 Å². The summed E-state index contributed by atoms with van der Waals surface area (Å²) in [6.45, 7) is 4.13.